The minimum Gasteiger partial charge on any atom is -0.332 e. The van der Waals surface area contributed by atoms with Crippen molar-refractivity contribution in [1.29, 1.82) is 0 Å². The van der Waals surface area contributed by atoms with E-state index in [1.54, 1.807) is 12.4 Å². The predicted molar refractivity (Wildman–Crippen MR) is 88.9 cm³/mol. The second-order valence-electron chi connectivity index (χ2n) is 6.03. The van der Waals surface area contributed by atoms with Crippen LogP contribution in [0.15, 0.2) is 36.7 Å². The molecule has 3 rings (SSSR count). The van der Waals surface area contributed by atoms with E-state index >= 15 is 0 Å². The fraction of sp³-hybridized carbons (Fsp3) is 0.471. The zero-order chi connectivity index (χ0) is 15.9. The molecule has 0 unspecified atom stereocenters. The highest BCUT2D eigenvalue weighted by atomic mass is 16.2. The summed E-state index contributed by atoms with van der Waals surface area (Å²) in [5.41, 5.74) is 0.832. The van der Waals surface area contributed by atoms with Gasteiger partial charge in [-0.1, -0.05) is 25.3 Å². The molecule has 1 aliphatic carbocycles. The number of rotatable bonds is 5. The Morgan fingerprint density at radius 1 is 1.17 bits per heavy atom. The third-order valence-electron chi connectivity index (χ3n) is 4.27. The molecule has 122 valence electrons. The zero-order valence-corrected chi connectivity index (χ0v) is 13.2. The highest BCUT2D eigenvalue weighted by Gasteiger charge is 2.16. The average molecular weight is 313 g/mol. The van der Waals surface area contributed by atoms with E-state index in [9.17, 15) is 4.79 Å². The van der Waals surface area contributed by atoms with Crippen LogP contribution in [-0.2, 0) is 13.1 Å². The summed E-state index contributed by atoms with van der Waals surface area (Å²) in [4.78, 5) is 16.2. The molecule has 0 radical (unpaired) electrons. The standard InChI is InChI=1S/C17H23N5O/c23-17(19-12-15-8-4-5-10-18-15)21-16-9-11-20-22(16)13-14-6-2-1-3-7-14/h4-5,8-11,14H,1-3,6-7,12-13H2,(H2,19,21,23). The van der Waals surface area contributed by atoms with E-state index in [-0.39, 0.29) is 6.03 Å². The summed E-state index contributed by atoms with van der Waals surface area (Å²) in [5.74, 6) is 1.41. The summed E-state index contributed by atoms with van der Waals surface area (Å²) in [6.45, 7) is 1.28. The van der Waals surface area contributed by atoms with Gasteiger partial charge in [0.2, 0.25) is 0 Å². The van der Waals surface area contributed by atoms with Crippen molar-refractivity contribution in [3.8, 4) is 0 Å². The quantitative estimate of drug-likeness (QED) is 0.890. The lowest BCUT2D eigenvalue weighted by Gasteiger charge is -2.22. The van der Waals surface area contributed by atoms with E-state index in [4.69, 9.17) is 0 Å². The van der Waals surface area contributed by atoms with Crippen molar-refractivity contribution < 1.29 is 4.79 Å². The van der Waals surface area contributed by atoms with Crippen molar-refractivity contribution in [3.63, 3.8) is 0 Å². The van der Waals surface area contributed by atoms with Crippen LogP contribution in [0.3, 0.4) is 0 Å². The Labute approximate surface area is 136 Å². The van der Waals surface area contributed by atoms with Crippen molar-refractivity contribution in [1.82, 2.24) is 20.1 Å². The van der Waals surface area contributed by atoms with Gasteiger partial charge >= 0.3 is 6.03 Å². The van der Waals surface area contributed by atoms with Crippen molar-refractivity contribution in [2.45, 2.75) is 45.2 Å². The SMILES string of the molecule is O=C(NCc1ccccn1)Nc1ccnn1CC1CCCCC1. The van der Waals surface area contributed by atoms with Gasteiger partial charge in [-0.05, 0) is 30.9 Å². The lowest BCUT2D eigenvalue weighted by Crippen LogP contribution is -2.30. The monoisotopic (exact) mass is 313 g/mol. The molecule has 0 aromatic carbocycles. The molecule has 2 aromatic heterocycles. The Balaban J connectivity index is 1.51. The van der Waals surface area contributed by atoms with Crippen LogP contribution in [0, 0.1) is 5.92 Å². The Morgan fingerprint density at radius 3 is 2.83 bits per heavy atom. The summed E-state index contributed by atoms with van der Waals surface area (Å²) in [5, 5.41) is 10.0. The summed E-state index contributed by atoms with van der Waals surface area (Å²) in [7, 11) is 0. The molecule has 1 aliphatic rings. The molecule has 0 saturated heterocycles. The molecular formula is C17H23N5O. The number of carbonyl (C=O) groups is 1. The number of hydrogen-bond acceptors (Lipinski definition) is 3. The molecule has 2 aromatic rings. The molecule has 6 nitrogen and oxygen atoms in total. The Kier molecular flexibility index (Phi) is 5.24. The number of aromatic nitrogens is 3. The molecule has 0 aliphatic heterocycles. The number of pyridine rings is 1. The third-order valence-corrected chi connectivity index (χ3v) is 4.27. The maximum atomic E-state index is 12.0. The largest absolute Gasteiger partial charge is 0.332 e. The number of nitrogens with one attached hydrogen (secondary N) is 2. The predicted octanol–water partition coefficient (Wildman–Crippen LogP) is 3.18. The van der Waals surface area contributed by atoms with Gasteiger partial charge in [0.25, 0.3) is 0 Å². The normalized spacial score (nSPS) is 15.3. The molecule has 0 spiro atoms. The Bertz CT molecular complexity index is 619. The van der Waals surface area contributed by atoms with Crippen LogP contribution in [0.2, 0.25) is 0 Å². The van der Waals surface area contributed by atoms with Gasteiger partial charge in [0.15, 0.2) is 0 Å². The van der Waals surface area contributed by atoms with Gasteiger partial charge < -0.3 is 5.32 Å². The Morgan fingerprint density at radius 2 is 2.04 bits per heavy atom. The molecular weight excluding hydrogens is 290 g/mol. The highest BCUT2D eigenvalue weighted by molar-refractivity contribution is 5.88. The summed E-state index contributed by atoms with van der Waals surface area (Å²) in [6, 6.07) is 7.24. The van der Waals surface area contributed by atoms with E-state index in [1.165, 1.54) is 32.1 Å². The molecule has 6 heteroatoms. The molecule has 1 saturated carbocycles. The maximum absolute atomic E-state index is 12.0. The van der Waals surface area contributed by atoms with Crippen LogP contribution >= 0.6 is 0 Å². The summed E-state index contributed by atoms with van der Waals surface area (Å²) >= 11 is 0. The number of amides is 2. The van der Waals surface area contributed by atoms with Crippen molar-refractivity contribution in [3.05, 3.63) is 42.4 Å². The molecule has 23 heavy (non-hydrogen) atoms. The van der Waals surface area contributed by atoms with E-state index < -0.39 is 0 Å². The van der Waals surface area contributed by atoms with Gasteiger partial charge in [0.05, 0.1) is 18.4 Å². The first kappa shape index (κ1) is 15.5. The van der Waals surface area contributed by atoms with Gasteiger partial charge in [-0.25, -0.2) is 9.48 Å². The smallest absolute Gasteiger partial charge is 0.320 e. The van der Waals surface area contributed by atoms with Gasteiger partial charge in [-0.2, -0.15) is 5.10 Å². The van der Waals surface area contributed by atoms with Gasteiger partial charge in [0, 0.05) is 18.8 Å². The number of hydrogen-bond donors (Lipinski definition) is 2. The second kappa shape index (κ2) is 7.76. The fourth-order valence-corrected chi connectivity index (χ4v) is 3.03. The molecule has 2 amide bonds. The summed E-state index contributed by atoms with van der Waals surface area (Å²) < 4.78 is 1.90. The van der Waals surface area contributed by atoms with E-state index in [2.05, 4.69) is 20.7 Å². The molecule has 2 heterocycles. The molecule has 2 N–H and O–H groups in total. The van der Waals surface area contributed by atoms with Gasteiger partial charge in [-0.3, -0.25) is 10.3 Å². The summed E-state index contributed by atoms with van der Waals surface area (Å²) in [6.07, 6.45) is 9.91. The number of nitrogens with zero attached hydrogens (tertiary/aromatic N) is 3. The maximum Gasteiger partial charge on any atom is 0.320 e. The van der Waals surface area contributed by atoms with E-state index in [0.29, 0.717) is 12.5 Å². The number of carbonyl (C=O) groups excluding carboxylic acids is 1. The number of urea groups is 1. The zero-order valence-electron chi connectivity index (χ0n) is 13.2. The van der Waals surface area contributed by atoms with Gasteiger partial charge in [0.1, 0.15) is 5.82 Å². The van der Waals surface area contributed by atoms with Crippen LogP contribution < -0.4 is 10.6 Å². The first-order valence-corrected chi connectivity index (χ1v) is 8.28. The second-order valence-corrected chi connectivity index (χ2v) is 6.03. The van der Waals surface area contributed by atoms with Crippen LogP contribution in [0.5, 0.6) is 0 Å². The van der Waals surface area contributed by atoms with Crippen LogP contribution in [-0.4, -0.2) is 20.8 Å². The highest BCUT2D eigenvalue weighted by Crippen LogP contribution is 2.25. The fourth-order valence-electron chi connectivity index (χ4n) is 3.03. The number of anilines is 1. The third kappa shape index (κ3) is 4.55. The first-order chi connectivity index (χ1) is 11.3. The molecule has 1 fully saturated rings. The Hall–Kier alpha value is -2.37. The van der Waals surface area contributed by atoms with Crippen molar-refractivity contribution in [2.75, 3.05) is 5.32 Å². The van der Waals surface area contributed by atoms with Crippen LogP contribution in [0.1, 0.15) is 37.8 Å². The minimum absolute atomic E-state index is 0.235. The first-order valence-electron chi connectivity index (χ1n) is 8.28. The molecule has 0 atom stereocenters. The van der Waals surface area contributed by atoms with Crippen LogP contribution in [0.25, 0.3) is 0 Å². The average Bonchev–Trinajstić information content (AvgIpc) is 3.02. The van der Waals surface area contributed by atoms with Crippen molar-refractivity contribution in [2.24, 2.45) is 5.92 Å². The lowest BCUT2D eigenvalue weighted by atomic mass is 9.89. The minimum atomic E-state index is -0.235. The van der Waals surface area contributed by atoms with E-state index in [1.807, 2.05) is 28.9 Å². The topological polar surface area (TPSA) is 71.8 Å². The lowest BCUT2D eigenvalue weighted by molar-refractivity contribution is 0.251. The van der Waals surface area contributed by atoms with Crippen LogP contribution in [0.4, 0.5) is 10.6 Å². The van der Waals surface area contributed by atoms with Gasteiger partial charge in [-0.15, -0.1) is 0 Å². The van der Waals surface area contributed by atoms with Crippen molar-refractivity contribution >= 4 is 11.8 Å². The van der Waals surface area contributed by atoms with E-state index in [0.717, 1.165) is 18.1 Å². The molecule has 0 bridgehead atoms.